The number of halogens is 2. The topological polar surface area (TPSA) is 50.8 Å². The van der Waals surface area contributed by atoms with E-state index in [0.29, 0.717) is 19.1 Å². The van der Waals surface area contributed by atoms with Gasteiger partial charge in [0.25, 0.3) is 0 Å². The summed E-state index contributed by atoms with van der Waals surface area (Å²) >= 11 is 9.51. The Bertz CT molecular complexity index is 495. The van der Waals surface area contributed by atoms with Crippen molar-refractivity contribution in [3.8, 4) is 0 Å². The van der Waals surface area contributed by atoms with Gasteiger partial charge in [-0.05, 0) is 37.1 Å². The summed E-state index contributed by atoms with van der Waals surface area (Å²) in [4.78, 5) is 6.52. The molecule has 0 saturated carbocycles. The van der Waals surface area contributed by atoms with E-state index >= 15 is 0 Å². The molecule has 0 aromatic heterocycles. The lowest BCUT2D eigenvalue weighted by Crippen LogP contribution is -2.47. The van der Waals surface area contributed by atoms with Gasteiger partial charge < -0.3 is 15.4 Å². The Morgan fingerprint density at radius 3 is 3.15 bits per heavy atom. The molecule has 20 heavy (non-hydrogen) atoms. The average molecular weight is 361 g/mol. The second kappa shape index (κ2) is 7.29. The molecular weight excluding hydrogens is 342 g/mol. The molecule has 4 nitrogen and oxygen atoms in total. The zero-order valence-corrected chi connectivity index (χ0v) is 13.8. The number of guanidine groups is 1. The van der Waals surface area contributed by atoms with E-state index in [1.165, 1.54) is 0 Å². The Kier molecular flexibility index (Phi) is 5.69. The lowest BCUT2D eigenvalue weighted by Gasteiger charge is -2.31. The van der Waals surface area contributed by atoms with Gasteiger partial charge in [-0.3, -0.25) is 4.99 Å². The molecule has 1 aromatic rings. The third kappa shape index (κ3) is 4.36. The molecule has 1 aromatic carbocycles. The molecule has 2 N–H and O–H groups in total. The van der Waals surface area contributed by atoms with Crippen molar-refractivity contribution in [1.29, 1.82) is 0 Å². The number of hydrogen-bond acceptors (Lipinski definition) is 2. The van der Waals surface area contributed by atoms with Crippen LogP contribution in [0.2, 0.25) is 5.02 Å². The molecule has 6 heteroatoms. The molecule has 1 aliphatic rings. The summed E-state index contributed by atoms with van der Waals surface area (Å²) < 4.78 is 6.54. The number of benzene rings is 1. The van der Waals surface area contributed by atoms with Crippen molar-refractivity contribution in [2.75, 3.05) is 26.2 Å². The van der Waals surface area contributed by atoms with Gasteiger partial charge in [0, 0.05) is 29.1 Å². The zero-order chi connectivity index (χ0) is 14.5. The van der Waals surface area contributed by atoms with E-state index in [9.17, 15) is 0 Å². The summed E-state index contributed by atoms with van der Waals surface area (Å²) in [6, 6.07) is 5.77. The van der Waals surface area contributed by atoms with E-state index in [1.54, 1.807) is 0 Å². The molecule has 2 rings (SSSR count). The number of rotatable bonds is 3. The Morgan fingerprint density at radius 2 is 2.40 bits per heavy atom. The lowest BCUT2D eigenvalue weighted by molar-refractivity contribution is 0.00530. The second-order valence-electron chi connectivity index (χ2n) is 4.85. The first-order valence-electron chi connectivity index (χ1n) is 6.66. The molecule has 1 atom stereocenters. The van der Waals surface area contributed by atoms with E-state index < -0.39 is 0 Å². The van der Waals surface area contributed by atoms with Crippen LogP contribution in [-0.2, 0) is 11.2 Å². The Labute approximate surface area is 133 Å². The molecule has 1 heterocycles. The minimum atomic E-state index is 0.208. The normalized spacial score (nSPS) is 20.2. The fourth-order valence-electron chi connectivity index (χ4n) is 2.15. The van der Waals surface area contributed by atoms with Crippen molar-refractivity contribution >= 4 is 33.5 Å². The Hall–Kier alpha value is -0.780. The largest absolute Gasteiger partial charge is 0.375 e. The van der Waals surface area contributed by atoms with Gasteiger partial charge in [-0.2, -0.15) is 0 Å². The van der Waals surface area contributed by atoms with Crippen LogP contribution in [0.15, 0.2) is 27.7 Å². The molecule has 0 aliphatic carbocycles. The van der Waals surface area contributed by atoms with Gasteiger partial charge in [-0.25, -0.2) is 0 Å². The van der Waals surface area contributed by atoms with Crippen LogP contribution in [0.4, 0.5) is 0 Å². The molecule has 1 saturated heterocycles. The maximum Gasteiger partial charge on any atom is 0.191 e. The van der Waals surface area contributed by atoms with Gasteiger partial charge >= 0.3 is 0 Å². The predicted molar refractivity (Wildman–Crippen MR) is 86.3 cm³/mol. The summed E-state index contributed by atoms with van der Waals surface area (Å²) in [6.07, 6.45) is 1.02. The van der Waals surface area contributed by atoms with Gasteiger partial charge in [0.1, 0.15) is 0 Å². The standard InChI is InChI=1S/C14H19BrClN3O/c1-10-9-19(6-7-20-10)14(17)18-5-4-11-8-12(16)2-3-13(11)15/h2-3,8,10H,4-7,9H2,1H3,(H2,17,18). The number of ether oxygens (including phenoxy) is 1. The van der Waals surface area contributed by atoms with Gasteiger partial charge in [-0.1, -0.05) is 27.5 Å². The van der Waals surface area contributed by atoms with Crippen LogP contribution < -0.4 is 5.73 Å². The van der Waals surface area contributed by atoms with Crippen molar-refractivity contribution in [2.24, 2.45) is 10.7 Å². The summed E-state index contributed by atoms with van der Waals surface area (Å²) in [6.45, 7) is 5.01. The molecule has 1 unspecified atom stereocenters. The zero-order valence-electron chi connectivity index (χ0n) is 11.5. The van der Waals surface area contributed by atoms with Crippen molar-refractivity contribution in [3.63, 3.8) is 0 Å². The van der Waals surface area contributed by atoms with Crippen LogP contribution in [0.25, 0.3) is 0 Å². The second-order valence-corrected chi connectivity index (χ2v) is 6.14. The third-order valence-corrected chi connectivity index (χ3v) is 4.24. The van der Waals surface area contributed by atoms with Crippen LogP contribution in [0.5, 0.6) is 0 Å². The van der Waals surface area contributed by atoms with Gasteiger partial charge in [-0.15, -0.1) is 0 Å². The molecule has 110 valence electrons. The molecule has 0 radical (unpaired) electrons. The Morgan fingerprint density at radius 1 is 1.60 bits per heavy atom. The highest BCUT2D eigenvalue weighted by Gasteiger charge is 2.17. The predicted octanol–water partition coefficient (Wildman–Crippen LogP) is 2.68. The van der Waals surface area contributed by atoms with Crippen LogP contribution in [0.3, 0.4) is 0 Å². The van der Waals surface area contributed by atoms with Crippen molar-refractivity contribution in [2.45, 2.75) is 19.4 Å². The van der Waals surface area contributed by atoms with Crippen LogP contribution >= 0.6 is 27.5 Å². The van der Waals surface area contributed by atoms with Crippen molar-refractivity contribution < 1.29 is 4.74 Å². The highest BCUT2D eigenvalue weighted by molar-refractivity contribution is 9.10. The molecule has 1 fully saturated rings. The summed E-state index contributed by atoms with van der Waals surface area (Å²) in [7, 11) is 0. The molecule has 0 amide bonds. The average Bonchev–Trinajstić information content (AvgIpc) is 2.42. The van der Waals surface area contributed by atoms with Gasteiger partial charge in [0.15, 0.2) is 5.96 Å². The quantitative estimate of drug-likeness (QED) is 0.666. The number of hydrogen-bond donors (Lipinski definition) is 1. The first-order chi connectivity index (χ1) is 9.56. The Balaban J connectivity index is 1.90. The third-order valence-electron chi connectivity index (χ3n) is 3.23. The highest BCUT2D eigenvalue weighted by atomic mass is 79.9. The van der Waals surface area contributed by atoms with E-state index in [4.69, 9.17) is 22.1 Å². The molecular formula is C14H19BrClN3O. The smallest absolute Gasteiger partial charge is 0.191 e. The number of aliphatic imine (C=N–C) groups is 1. The molecule has 1 aliphatic heterocycles. The minimum Gasteiger partial charge on any atom is -0.375 e. The number of morpholine rings is 1. The maximum atomic E-state index is 6.03. The number of nitrogens with two attached hydrogens (primary N) is 1. The SMILES string of the molecule is CC1CN(C(N)=NCCc2cc(Cl)ccc2Br)CCO1. The lowest BCUT2D eigenvalue weighted by atomic mass is 10.1. The molecule has 0 bridgehead atoms. The van der Waals surface area contributed by atoms with E-state index in [-0.39, 0.29) is 6.10 Å². The van der Waals surface area contributed by atoms with Gasteiger partial charge in [0.2, 0.25) is 0 Å². The minimum absolute atomic E-state index is 0.208. The summed E-state index contributed by atoms with van der Waals surface area (Å²) in [5.41, 5.74) is 7.17. The number of nitrogens with zero attached hydrogens (tertiary/aromatic N) is 2. The van der Waals surface area contributed by atoms with Gasteiger partial charge in [0.05, 0.1) is 12.7 Å². The van der Waals surface area contributed by atoms with E-state index in [0.717, 1.165) is 34.6 Å². The maximum absolute atomic E-state index is 6.03. The van der Waals surface area contributed by atoms with Crippen molar-refractivity contribution in [1.82, 2.24) is 4.90 Å². The highest BCUT2D eigenvalue weighted by Crippen LogP contribution is 2.21. The van der Waals surface area contributed by atoms with E-state index in [1.807, 2.05) is 25.1 Å². The summed E-state index contributed by atoms with van der Waals surface area (Å²) in [5.74, 6) is 0.596. The molecule has 0 spiro atoms. The summed E-state index contributed by atoms with van der Waals surface area (Å²) in [5, 5.41) is 0.738. The fraction of sp³-hybridized carbons (Fsp3) is 0.500. The van der Waals surface area contributed by atoms with Crippen molar-refractivity contribution in [3.05, 3.63) is 33.3 Å². The van der Waals surface area contributed by atoms with Crippen LogP contribution in [0.1, 0.15) is 12.5 Å². The van der Waals surface area contributed by atoms with Crippen LogP contribution in [-0.4, -0.2) is 43.2 Å². The van der Waals surface area contributed by atoms with E-state index in [2.05, 4.69) is 25.8 Å². The first kappa shape index (κ1) is 15.6. The monoisotopic (exact) mass is 359 g/mol. The first-order valence-corrected chi connectivity index (χ1v) is 7.84. The fourth-order valence-corrected chi connectivity index (χ4v) is 2.79. The van der Waals surface area contributed by atoms with Crippen LogP contribution in [0, 0.1) is 0 Å².